The smallest absolute Gasteiger partial charge is 0.356 e. The van der Waals surface area contributed by atoms with E-state index in [1.54, 1.807) is 0 Å². The van der Waals surface area contributed by atoms with E-state index in [1.165, 1.54) is 36.1 Å². The summed E-state index contributed by atoms with van der Waals surface area (Å²) in [5.74, 6) is -0.272. The Hall–Kier alpha value is -1.71. The highest BCUT2D eigenvalue weighted by atomic mass is 16.5. The van der Waals surface area contributed by atoms with Crippen molar-refractivity contribution in [2.45, 2.75) is 39.0 Å². The summed E-state index contributed by atoms with van der Waals surface area (Å²) in [4.78, 5) is 14.9. The number of H-pyrrole nitrogens is 1. The van der Waals surface area contributed by atoms with E-state index in [4.69, 9.17) is 4.74 Å². The number of hydrogen-bond donors (Lipinski definition) is 2. The summed E-state index contributed by atoms with van der Waals surface area (Å²) >= 11 is 0. The molecule has 0 saturated heterocycles. The monoisotopic (exact) mass is 246 g/mol. The van der Waals surface area contributed by atoms with Crippen LogP contribution < -0.4 is 5.32 Å². The molecule has 0 atom stereocenters. The van der Waals surface area contributed by atoms with Crippen molar-refractivity contribution in [2.75, 3.05) is 11.9 Å². The number of nitrogens with one attached hydrogen (secondary N) is 2. The van der Waals surface area contributed by atoms with Gasteiger partial charge in [-0.3, -0.25) is 0 Å². The average Bonchev–Trinajstić information content (AvgIpc) is 2.79. The number of fused-ring (bicyclic) bond motifs is 1. The van der Waals surface area contributed by atoms with E-state index in [0.717, 1.165) is 18.5 Å². The molecule has 3 rings (SSSR count). The predicted molar refractivity (Wildman–Crippen MR) is 69.6 cm³/mol. The molecule has 0 aromatic carbocycles. The van der Waals surface area contributed by atoms with E-state index in [0.29, 0.717) is 12.3 Å². The van der Waals surface area contributed by atoms with Gasteiger partial charge in [0.2, 0.25) is 0 Å². The Morgan fingerprint density at radius 3 is 3.06 bits per heavy atom. The van der Waals surface area contributed by atoms with E-state index < -0.39 is 0 Å². The first-order chi connectivity index (χ1) is 8.79. The predicted octanol–water partition coefficient (Wildman–Crippen LogP) is 2.99. The van der Waals surface area contributed by atoms with Crippen molar-refractivity contribution in [1.29, 1.82) is 0 Å². The largest absolute Gasteiger partial charge is 0.461 e. The molecule has 1 aliphatic heterocycles. The summed E-state index contributed by atoms with van der Waals surface area (Å²) in [6.07, 6.45) is 7.69. The topological polar surface area (TPSA) is 54.1 Å². The van der Waals surface area contributed by atoms with Crippen molar-refractivity contribution in [3.63, 3.8) is 0 Å². The van der Waals surface area contributed by atoms with Crippen LogP contribution in [0.3, 0.4) is 0 Å². The van der Waals surface area contributed by atoms with Gasteiger partial charge in [0.05, 0.1) is 12.3 Å². The Morgan fingerprint density at radius 1 is 1.39 bits per heavy atom. The Morgan fingerprint density at radius 2 is 2.22 bits per heavy atom. The quantitative estimate of drug-likeness (QED) is 0.789. The highest BCUT2D eigenvalue weighted by Crippen LogP contribution is 2.37. The van der Waals surface area contributed by atoms with Crippen LogP contribution in [0.25, 0.3) is 0 Å². The van der Waals surface area contributed by atoms with Crippen LogP contribution in [-0.4, -0.2) is 17.6 Å². The number of aromatic amines is 1. The SMILES string of the molecule is CCOC(=O)c1[nH]cc2c1NC1=C(CCCC1)C2. The lowest BCUT2D eigenvalue weighted by molar-refractivity contribution is 0.0521. The number of carbonyl (C=O) groups excluding carboxylic acids is 1. The minimum atomic E-state index is -0.272. The maximum absolute atomic E-state index is 11.8. The molecule has 1 aliphatic carbocycles. The number of anilines is 1. The third kappa shape index (κ3) is 1.82. The first kappa shape index (κ1) is 11.4. The van der Waals surface area contributed by atoms with Gasteiger partial charge in [-0.15, -0.1) is 0 Å². The van der Waals surface area contributed by atoms with Gasteiger partial charge in [0.15, 0.2) is 0 Å². The lowest BCUT2D eigenvalue weighted by Crippen LogP contribution is -2.17. The normalized spacial score (nSPS) is 17.8. The van der Waals surface area contributed by atoms with Gasteiger partial charge < -0.3 is 15.0 Å². The molecule has 4 heteroatoms. The van der Waals surface area contributed by atoms with Crippen LogP contribution in [0.15, 0.2) is 17.5 Å². The van der Waals surface area contributed by atoms with Gasteiger partial charge >= 0.3 is 5.97 Å². The van der Waals surface area contributed by atoms with E-state index >= 15 is 0 Å². The van der Waals surface area contributed by atoms with E-state index in [2.05, 4.69) is 10.3 Å². The fraction of sp³-hybridized carbons (Fsp3) is 0.500. The van der Waals surface area contributed by atoms with Crippen LogP contribution in [0.4, 0.5) is 5.69 Å². The zero-order chi connectivity index (χ0) is 12.5. The van der Waals surface area contributed by atoms with Crippen molar-refractivity contribution in [2.24, 2.45) is 0 Å². The molecule has 0 unspecified atom stereocenters. The van der Waals surface area contributed by atoms with Gasteiger partial charge in [0, 0.05) is 11.9 Å². The summed E-state index contributed by atoms with van der Waals surface area (Å²) < 4.78 is 5.06. The number of aromatic nitrogens is 1. The zero-order valence-corrected chi connectivity index (χ0v) is 10.6. The molecule has 1 aromatic rings. The number of esters is 1. The minimum Gasteiger partial charge on any atom is -0.461 e. The highest BCUT2D eigenvalue weighted by Gasteiger charge is 2.26. The molecule has 0 spiro atoms. The molecule has 0 bridgehead atoms. The molecule has 2 heterocycles. The second-order valence-corrected chi connectivity index (χ2v) is 4.88. The van der Waals surface area contributed by atoms with Crippen LogP contribution in [-0.2, 0) is 11.2 Å². The van der Waals surface area contributed by atoms with Crippen molar-refractivity contribution >= 4 is 11.7 Å². The summed E-state index contributed by atoms with van der Waals surface area (Å²) in [7, 11) is 0. The zero-order valence-electron chi connectivity index (χ0n) is 10.6. The molecule has 18 heavy (non-hydrogen) atoms. The molecule has 2 aliphatic rings. The Kier molecular flexibility index (Phi) is 2.86. The third-order valence-corrected chi connectivity index (χ3v) is 3.70. The number of hydrogen-bond acceptors (Lipinski definition) is 3. The standard InChI is InChI=1S/C14H18N2O2/c1-2-18-14(17)13-12-10(8-15-13)7-9-5-3-4-6-11(9)16-12/h8,15-16H,2-7H2,1H3. The van der Waals surface area contributed by atoms with E-state index in [-0.39, 0.29) is 5.97 Å². The molecule has 4 nitrogen and oxygen atoms in total. The Bertz CT molecular complexity index is 514. The molecule has 0 fully saturated rings. The molecule has 1 aromatic heterocycles. The fourth-order valence-corrected chi connectivity index (χ4v) is 2.81. The second-order valence-electron chi connectivity index (χ2n) is 4.88. The van der Waals surface area contributed by atoms with Crippen LogP contribution in [0.5, 0.6) is 0 Å². The molecule has 0 amide bonds. The maximum atomic E-state index is 11.8. The molecule has 0 saturated carbocycles. The van der Waals surface area contributed by atoms with Crippen LogP contribution in [0.1, 0.15) is 48.7 Å². The number of allylic oxidation sites excluding steroid dienone is 2. The van der Waals surface area contributed by atoms with Gasteiger partial charge in [0.25, 0.3) is 0 Å². The van der Waals surface area contributed by atoms with Crippen molar-refractivity contribution in [1.82, 2.24) is 4.98 Å². The minimum absolute atomic E-state index is 0.272. The number of rotatable bonds is 2. The number of ether oxygens (including phenoxy) is 1. The van der Waals surface area contributed by atoms with Crippen LogP contribution in [0.2, 0.25) is 0 Å². The third-order valence-electron chi connectivity index (χ3n) is 3.70. The van der Waals surface area contributed by atoms with Gasteiger partial charge in [-0.2, -0.15) is 0 Å². The summed E-state index contributed by atoms with van der Waals surface area (Å²) in [5.41, 5.74) is 5.49. The number of carbonyl (C=O) groups is 1. The lowest BCUT2D eigenvalue weighted by atomic mass is 9.89. The van der Waals surface area contributed by atoms with Gasteiger partial charge in [0.1, 0.15) is 5.69 Å². The molecule has 0 radical (unpaired) electrons. The molecular formula is C14H18N2O2. The first-order valence-electron chi connectivity index (χ1n) is 6.65. The average molecular weight is 246 g/mol. The lowest BCUT2D eigenvalue weighted by Gasteiger charge is -2.26. The van der Waals surface area contributed by atoms with Gasteiger partial charge in [-0.25, -0.2) is 4.79 Å². The van der Waals surface area contributed by atoms with Gasteiger partial charge in [-0.1, -0.05) is 0 Å². The van der Waals surface area contributed by atoms with E-state index in [9.17, 15) is 4.79 Å². The summed E-state index contributed by atoms with van der Waals surface area (Å²) in [6, 6.07) is 0. The fourth-order valence-electron chi connectivity index (χ4n) is 2.81. The van der Waals surface area contributed by atoms with Crippen LogP contribution >= 0.6 is 0 Å². The first-order valence-corrected chi connectivity index (χ1v) is 6.65. The summed E-state index contributed by atoms with van der Waals surface area (Å²) in [6.45, 7) is 2.23. The summed E-state index contributed by atoms with van der Waals surface area (Å²) in [5, 5.41) is 3.43. The van der Waals surface area contributed by atoms with Crippen LogP contribution in [0, 0.1) is 0 Å². The Labute approximate surface area is 106 Å². The second kappa shape index (κ2) is 4.52. The molecule has 2 N–H and O–H groups in total. The van der Waals surface area contributed by atoms with Crippen molar-refractivity contribution in [3.8, 4) is 0 Å². The van der Waals surface area contributed by atoms with Gasteiger partial charge in [-0.05, 0) is 50.2 Å². The molecular weight excluding hydrogens is 228 g/mol. The van der Waals surface area contributed by atoms with E-state index in [1.807, 2.05) is 13.1 Å². The highest BCUT2D eigenvalue weighted by molar-refractivity contribution is 5.95. The van der Waals surface area contributed by atoms with Crippen molar-refractivity contribution < 1.29 is 9.53 Å². The maximum Gasteiger partial charge on any atom is 0.356 e. The Balaban J connectivity index is 1.90. The van der Waals surface area contributed by atoms with Crippen molar-refractivity contribution in [3.05, 3.63) is 28.7 Å². The molecule has 96 valence electrons.